The van der Waals surface area contributed by atoms with Crippen LogP contribution in [0.3, 0.4) is 0 Å². The number of nitrogens with one attached hydrogen (secondary N) is 1. The van der Waals surface area contributed by atoms with Crippen LogP contribution in [0.1, 0.15) is 53.9 Å². The summed E-state index contributed by atoms with van der Waals surface area (Å²) in [5.74, 6) is -0.0225. The van der Waals surface area contributed by atoms with Crippen LogP contribution in [0.2, 0.25) is 0 Å². The zero-order chi connectivity index (χ0) is 16.9. The van der Waals surface area contributed by atoms with Gasteiger partial charge in [0.2, 0.25) is 10.0 Å². The minimum Gasteiger partial charge on any atom is -0.324 e. The van der Waals surface area contributed by atoms with Gasteiger partial charge in [-0.2, -0.15) is 0 Å². The van der Waals surface area contributed by atoms with E-state index in [0.29, 0.717) is 19.4 Å². The summed E-state index contributed by atoms with van der Waals surface area (Å²) in [5.41, 5.74) is -0.342. The summed E-state index contributed by atoms with van der Waals surface area (Å²) in [4.78, 5) is 17.8. The highest BCUT2D eigenvalue weighted by atomic mass is 32.2. The fourth-order valence-corrected chi connectivity index (χ4v) is 3.91. The largest absolute Gasteiger partial charge is 0.325 e. The summed E-state index contributed by atoms with van der Waals surface area (Å²) in [6.07, 6.45) is 1.22. The van der Waals surface area contributed by atoms with Crippen molar-refractivity contribution in [2.24, 2.45) is 10.8 Å². The molecule has 0 aliphatic carbocycles. The molecule has 0 rings (SSSR count). The smallest absolute Gasteiger partial charge is 0.324 e. The fraction of sp³-hybridized carbons (Fsp3) is 1.00. The van der Waals surface area contributed by atoms with Crippen LogP contribution in [0, 0.1) is 10.8 Å². The zero-order valence-corrected chi connectivity index (χ0v) is 15.4. The summed E-state index contributed by atoms with van der Waals surface area (Å²) < 4.78 is 37.3. The zero-order valence-electron chi connectivity index (χ0n) is 13.7. The molecule has 3 N–H and O–H groups in total. The third-order valence-electron chi connectivity index (χ3n) is 3.32. The summed E-state index contributed by atoms with van der Waals surface area (Å²) in [6.45, 7) is 10.2. The molecular formula is C13H30NO5PS. The van der Waals surface area contributed by atoms with Crippen molar-refractivity contribution in [2.45, 2.75) is 53.9 Å². The summed E-state index contributed by atoms with van der Waals surface area (Å²) >= 11 is 0. The maximum absolute atomic E-state index is 11.9. The number of sulfonamides is 1. The van der Waals surface area contributed by atoms with Gasteiger partial charge in [-0.15, -0.1) is 0 Å². The van der Waals surface area contributed by atoms with Crippen molar-refractivity contribution in [1.29, 1.82) is 0 Å². The Balaban J connectivity index is 4.26. The predicted octanol–water partition coefficient (Wildman–Crippen LogP) is 2.33. The van der Waals surface area contributed by atoms with Gasteiger partial charge in [0.15, 0.2) is 0 Å². The molecule has 0 spiro atoms. The van der Waals surface area contributed by atoms with Gasteiger partial charge in [-0.3, -0.25) is 4.57 Å². The van der Waals surface area contributed by atoms with Crippen LogP contribution in [-0.4, -0.2) is 36.7 Å². The van der Waals surface area contributed by atoms with Gasteiger partial charge in [-0.1, -0.05) is 34.6 Å². The van der Waals surface area contributed by atoms with Crippen LogP contribution < -0.4 is 4.72 Å². The Hall–Kier alpha value is 0.0600. The topological polar surface area (TPSA) is 104 Å². The molecule has 8 heteroatoms. The van der Waals surface area contributed by atoms with Gasteiger partial charge in [-0.05, 0) is 30.1 Å². The molecule has 128 valence electrons. The lowest BCUT2D eigenvalue weighted by Gasteiger charge is -2.25. The van der Waals surface area contributed by atoms with E-state index in [1.165, 1.54) is 0 Å². The minimum atomic E-state index is -4.03. The van der Waals surface area contributed by atoms with Crippen LogP contribution in [0.4, 0.5) is 0 Å². The van der Waals surface area contributed by atoms with Gasteiger partial charge in [0.05, 0.1) is 11.9 Å². The maximum atomic E-state index is 11.9. The monoisotopic (exact) mass is 343 g/mol. The quantitative estimate of drug-likeness (QED) is 0.557. The van der Waals surface area contributed by atoms with Crippen molar-refractivity contribution in [3.8, 4) is 0 Å². The molecule has 0 atom stereocenters. The Morgan fingerprint density at radius 3 is 1.95 bits per heavy atom. The van der Waals surface area contributed by atoms with Gasteiger partial charge in [0.25, 0.3) is 0 Å². The lowest BCUT2D eigenvalue weighted by Crippen LogP contribution is -2.31. The molecule has 0 unspecified atom stereocenters. The Bertz CT molecular complexity index is 461. The Morgan fingerprint density at radius 2 is 1.52 bits per heavy atom. The summed E-state index contributed by atoms with van der Waals surface area (Å²) in [5, 5.41) is 0. The number of hydrogen-bond acceptors (Lipinski definition) is 3. The second kappa shape index (κ2) is 7.55. The molecule has 21 heavy (non-hydrogen) atoms. The van der Waals surface area contributed by atoms with Crippen LogP contribution in [0.25, 0.3) is 0 Å². The molecule has 0 heterocycles. The van der Waals surface area contributed by atoms with E-state index < -0.39 is 23.0 Å². The number of rotatable bonds is 9. The summed E-state index contributed by atoms with van der Waals surface area (Å²) in [6, 6.07) is 0. The van der Waals surface area contributed by atoms with Crippen molar-refractivity contribution in [3.05, 3.63) is 0 Å². The van der Waals surface area contributed by atoms with Crippen LogP contribution in [0.15, 0.2) is 0 Å². The Labute approximate surface area is 128 Å². The second-order valence-corrected chi connectivity index (χ2v) is 11.3. The molecular weight excluding hydrogens is 313 g/mol. The van der Waals surface area contributed by atoms with Crippen molar-refractivity contribution in [1.82, 2.24) is 4.72 Å². The van der Waals surface area contributed by atoms with Crippen LogP contribution in [-0.2, 0) is 14.6 Å². The van der Waals surface area contributed by atoms with Gasteiger partial charge in [0, 0.05) is 6.54 Å². The predicted molar refractivity (Wildman–Crippen MR) is 85.8 cm³/mol. The van der Waals surface area contributed by atoms with E-state index >= 15 is 0 Å². The molecule has 0 aliphatic rings. The molecule has 0 aromatic heterocycles. The van der Waals surface area contributed by atoms with Crippen LogP contribution >= 0.6 is 7.60 Å². The van der Waals surface area contributed by atoms with Crippen molar-refractivity contribution in [2.75, 3.05) is 18.5 Å². The van der Waals surface area contributed by atoms with Crippen molar-refractivity contribution < 1.29 is 22.8 Å². The average Bonchev–Trinajstić information content (AvgIpc) is 2.21. The molecule has 6 nitrogen and oxygen atoms in total. The molecule has 0 fully saturated rings. The van der Waals surface area contributed by atoms with E-state index in [9.17, 15) is 13.0 Å². The normalized spacial score (nSPS) is 14.4. The molecule has 0 saturated carbocycles. The highest BCUT2D eigenvalue weighted by Gasteiger charge is 2.25. The standard InChI is InChI=1S/C13H30NO5PS/c1-12(2,3)6-9-14-21(18,19)11-8-13(4,5)7-10-20(15,16)17/h14H,6-11H2,1-5H3,(H2,15,16,17). The first-order valence-corrected chi connectivity index (χ1v) is 10.6. The average molecular weight is 343 g/mol. The number of hydrogen-bond donors (Lipinski definition) is 3. The molecule has 0 saturated heterocycles. The van der Waals surface area contributed by atoms with E-state index in [1.54, 1.807) is 0 Å². The van der Waals surface area contributed by atoms with Gasteiger partial charge in [0.1, 0.15) is 0 Å². The third kappa shape index (κ3) is 13.4. The minimum absolute atomic E-state index is 0.0225. The van der Waals surface area contributed by atoms with Gasteiger partial charge in [-0.25, -0.2) is 13.1 Å². The first kappa shape index (κ1) is 21.1. The van der Waals surface area contributed by atoms with Crippen LogP contribution in [0.5, 0.6) is 0 Å². The molecule has 0 amide bonds. The highest BCUT2D eigenvalue weighted by Crippen LogP contribution is 2.39. The molecule has 0 aliphatic heterocycles. The first-order valence-electron chi connectivity index (χ1n) is 7.14. The van der Waals surface area contributed by atoms with E-state index in [-0.39, 0.29) is 17.3 Å². The maximum Gasteiger partial charge on any atom is 0.325 e. The summed E-state index contributed by atoms with van der Waals surface area (Å²) in [7, 11) is -7.36. The Morgan fingerprint density at radius 1 is 1.00 bits per heavy atom. The second-order valence-electron chi connectivity index (χ2n) is 7.58. The van der Waals surface area contributed by atoms with E-state index in [0.717, 1.165) is 6.42 Å². The van der Waals surface area contributed by atoms with E-state index in [4.69, 9.17) is 9.79 Å². The SMILES string of the molecule is CC(C)(C)CCNS(=O)(=O)CCC(C)(C)CCP(=O)(O)O. The van der Waals surface area contributed by atoms with Gasteiger partial charge >= 0.3 is 7.60 Å². The van der Waals surface area contributed by atoms with E-state index in [2.05, 4.69) is 4.72 Å². The van der Waals surface area contributed by atoms with Crippen molar-refractivity contribution in [3.63, 3.8) is 0 Å². The lowest BCUT2D eigenvalue weighted by molar-refractivity contribution is 0.316. The van der Waals surface area contributed by atoms with E-state index in [1.807, 2.05) is 34.6 Å². The molecule has 0 aromatic carbocycles. The molecule has 0 bridgehead atoms. The Kier molecular flexibility index (Phi) is 7.58. The fourth-order valence-electron chi connectivity index (χ4n) is 1.64. The third-order valence-corrected chi connectivity index (χ3v) is 5.52. The molecule has 0 aromatic rings. The highest BCUT2D eigenvalue weighted by molar-refractivity contribution is 7.89. The molecule has 0 radical (unpaired) electrons. The van der Waals surface area contributed by atoms with Gasteiger partial charge < -0.3 is 9.79 Å². The van der Waals surface area contributed by atoms with Crippen molar-refractivity contribution >= 4 is 17.6 Å². The first-order chi connectivity index (χ1) is 9.12. The lowest BCUT2D eigenvalue weighted by atomic mass is 9.87.